The van der Waals surface area contributed by atoms with Crippen molar-refractivity contribution in [2.75, 3.05) is 6.61 Å². The largest absolute Gasteiger partial charge is 0.484 e. The van der Waals surface area contributed by atoms with Crippen molar-refractivity contribution in [2.24, 2.45) is 0 Å². The van der Waals surface area contributed by atoms with Gasteiger partial charge in [0, 0.05) is 23.5 Å². The number of benzene rings is 3. The topological polar surface area (TPSA) is 58.6 Å². The highest BCUT2D eigenvalue weighted by atomic mass is 79.9. The minimum atomic E-state index is -0.737. The molecule has 0 spiro atoms. The zero-order valence-corrected chi connectivity index (χ0v) is 21.5. The fourth-order valence-electron chi connectivity index (χ4n) is 3.54. The number of carbonyl (C=O) groups excluding carboxylic acids is 2. The molecule has 0 unspecified atom stereocenters. The molecule has 0 bridgehead atoms. The number of ether oxygens (including phenoxy) is 1. The van der Waals surface area contributed by atoms with E-state index in [1.165, 1.54) is 24.3 Å². The average Bonchev–Trinajstić information content (AvgIpc) is 2.87. The number of hydrogen-bond acceptors (Lipinski definition) is 3. The summed E-state index contributed by atoms with van der Waals surface area (Å²) >= 11 is 3.44. The van der Waals surface area contributed by atoms with Gasteiger partial charge in [0.05, 0.1) is 0 Å². The zero-order valence-electron chi connectivity index (χ0n) is 19.9. The Morgan fingerprint density at radius 2 is 1.63 bits per heavy atom. The SMILES string of the molecule is CC[C@H](C)NC(=O)[C@H](Cc1ccccc1)N(Cc1ccc(Br)cc1)C(=O)COc1ccc(F)cc1. The predicted molar refractivity (Wildman–Crippen MR) is 138 cm³/mol. The summed E-state index contributed by atoms with van der Waals surface area (Å²) in [5, 5.41) is 3.04. The molecule has 0 heterocycles. The molecule has 3 aromatic carbocycles. The smallest absolute Gasteiger partial charge is 0.261 e. The average molecular weight is 541 g/mol. The van der Waals surface area contributed by atoms with Crippen LogP contribution in [0.2, 0.25) is 0 Å². The van der Waals surface area contributed by atoms with E-state index >= 15 is 0 Å². The Kier molecular flexibility index (Phi) is 9.85. The van der Waals surface area contributed by atoms with E-state index in [2.05, 4.69) is 21.2 Å². The lowest BCUT2D eigenvalue weighted by atomic mass is 10.0. The van der Waals surface area contributed by atoms with Crippen LogP contribution in [0.3, 0.4) is 0 Å². The van der Waals surface area contributed by atoms with Crippen molar-refractivity contribution in [3.63, 3.8) is 0 Å². The van der Waals surface area contributed by atoms with Gasteiger partial charge in [0.1, 0.15) is 17.6 Å². The van der Waals surface area contributed by atoms with E-state index in [-0.39, 0.29) is 36.8 Å². The van der Waals surface area contributed by atoms with Crippen LogP contribution >= 0.6 is 15.9 Å². The van der Waals surface area contributed by atoms with E-state index in [1.54, 1.807) is 4.90 Å². The molecule has 0 aliphatic carbocycles. The van der Waals surface area contributed by atoms with Crippen molar-refractivity contribution in [3.05, 3.63) is 100 Å². The summed E-state index contributed by atoms with van der Waals surface area (Å²) in [5.74, 6) is -0.551. The molecule has 0 aromatic heterocycles. The van der Waals surface area contributed by atoms with Crippen molar-refractivity contribution in [3.8, 4) is 5.75 Å². The lowest BCUT2D eigenvalue weighted by Crippen LogP contribution is -2.53. The van der Waals surface area contributed by atoms with Crippen LogP contribution in [0.1, 0.15) is 31.4 Å². The highest BCUT2D eigenvalue weighted by Crippen LogP contribution is 2.18. The van der Waals surface area contributed by atoms with E-state index in [1.807, 2.05) is 68.4 Å². The number of hydrogen-bond donors (Lipinski definition) is 1. The Morgan fingerprint density at radius 3 is 2.26 bits per heavy atom. The van der Waals surface area contributed by atoms with Crippen molar-refractivity contribution < 1.29 is 18.7 Å². The Labute approximate surface area is 214 Å². The molecule has 2 amide bonds. The van der Waals surface area contributed by atoms with Gasteiger partial charge in [-0.05, 0) is 60.9 Å². The highest BCUT2D eigenvalue weighted by molar-refractivity contribution is 9.10. The van der Waals surface area contributed by atoms with Gasteiger partial charge < -0.3 is 15.0 Å². The van der Waals surface area contributed by atoms with Gasteiger partial charge >= 0.3 is 0 Å². The molecular formula is C28H30BrFN2O3. The van der Waals surface area contributed by atoms with Crippen molar-refractivity contribution in [2.45, 2.75) is 45.3 Å². The Hall–Kier alpha value is -3.19. The summed E-state index contributed by atoms with van der Waals surface area (Å²) < 4.78 is 19.8. The van der Waals surface area contributed by atoms with Gasteiger partial charge in [0.25, 0.3) is 5.91 Å². The number of halogens is 2. The molecule has 2 atom stereocenters. The molecule has 0 aliphatic rings. The van der Waals surface area contributed by atoms with Crippen LogP contribution in [0.25, 0.3) is 0 Å². The molecule has 0 saturated carbocycles. The molecule has 184 valence electrons. The van der Waals surface area contributed by atoms with Crippen molar-refractivity contribution in [1.82, 2.24) is 10.2 Å². The zero-order chi connectivity index (χ0) is 25.2. The minimum absolute atomic E-state index is 0.0270. The number of nitrogens with one attached hydrogen (secondary N) is 1. The van der Waals surface area contributed by atoms with Gasteiger partial charge in [-0.2, -0.15) is 0 Å². The van der Waals surface area contributed by atoms with Crippen LogP contribution in [0.15, 0.2) is 83.3 Å². The molecule has 5 nitrogen and oxygen atoms in total. The standard InChI is InChI=1S/C28H30BrFN2O3/c1-3-20(2)31-28(34)26(17-21-7-5-4-6-8-21)32(18-22-9-11-23(29)12-10-22)27(33)19-35-25-15-13-24(30)14-16-25/h4-16,20,26H,3,17-19H2,1-2H3,(H,31,34)/t20-,26-/m0/s1. The van der Waals surface area contributed by atoms with E-state index in [0.29, 0.717) is 12.2 Å². The van der Waals surface area contributed by atoms with Gasteiger partial charge in [-0.3, -0.25) is 9.59 Å². The molecule has 1 N–H and O–H groups in total. The summed E-state index contributed by atoms with van der Waals surface area (Å²) in [7, 11) is 0. The fraction of sp³-hybridized carbons (Fsp3) is 0.286. The maximum absolute atomic E-state index is 13.5. The van der Waals surface area contributed by atoms with E-state index in [9.17, 15) is 14.0 Å². The number of carbonyl (C=O) groups is 2. The first-order valence-electron chi connectivity index (χ1n) is 11.6. The van der Waals surface area contributed by atoms with Crippen molar-refractivity contribution >= 4 is 27.7 Å². The molecule has 0 fully saturated rings. The Bertz CT molecular complexity index is 1090. The first-order valence-corrected chi connectivity index (χ1v) is 12.4. The van der Waals surface area contributed by atoms with Gasteiger partial charge in [-0.25, -0.2) is 4.39 Å². The van der Waals surface area contributed by atoms with Crippen LogP contribution in [0.4, 0.5) is 4.39 Å². The summed E-state index contributed by atoms with van der Waals surface area (Å²) in [6.45, 7) is 3.91. The molecule has 35 heavy (non-hydrogen) atoms. The third-order valence-electron chi connectivity index (χ3n) is 5.71. The molecular weight excluding hydrogens is 511 g/mol. The molecule has 0 aliphatic heterocycles. The lowest BCUT2D eigenvalue weighted by molar-refractivity contribution is -0.143. The second-order valence-corrected chi connectivity index (χ2v) is 9.33. The molecule has 0 radical (unpaired) electrons. The van der Waals surface area contributed by atoms with Gasteiger partial charge in [-0.1, -0.05) is 65.3 Å². The third kappa shape index (κ3) is 8.21. The maximum atomic E-state index is 13.5. The number of amides is 2. The van der Waals surface area contributed by atoms with E-state index in [0.717, 1.165) is 22.0 Å². The number of rotatable bonds is 11. The summed E-state index contributed by atoms with van der Waals surface area (Å²) in [4.78, 5) is 28.5. The predicted octanol–water partition coefficient (Wildman–Crippen LogP) is 5.52. The monoisotopic (exact) mass is 540 g/mol. The Balaban J connectivity index is 1.89. The van der Waals surface area contributed by atoms with E-state index in [4.69, 9.17) is 4.74 Å². The van der Waals surface area contributed by atoms with Crippen LogP contribution in [-0.4, -0.2) is 35.4 Å². The summed E-state index contributed by atoms with van der Waals surface area (Å²) in [6.07, 6.45) is 1.14. The summed E-state index contributed by atoms with van der Waals surface area (Å²) in [5.41, 5.74) is 1.84. The Morgan fingerprint density at radius 1 is 0.971 bits per heavy atom. The second kappa shape index (κ2) is 13.0. The van der Waals surface area contributed by atoms with E-state index < -0.39 is 6.04 Å². The molecule has 7 heteroatoms. The fourth-order valence-corrected chi connectivity index (χ4v) is 3.80. The normalized spacial score (nSPS) is 12.5. The quantitative estimate of drug-likeness (QED) is 0.348. The van der Waals surface area contributed by atoms with Gasteiger partial charge in [-0.15, -0.1) is 0 Å². The van der Waals surface area contributed by atoms with Crippen LogP contribution in [0, 0.1) is 5.82 Å². The first kappa shape index (κ1) is 26.4. The maximum Gasteiger partial charge on any atom is 0.261 e. The van der Waals surface area contributed by atoms with Crippen molar-refractivity contribution in [1.29, 1.82) is 0 Å². The lowest BCUT2D eigenvalue weighted by Gasteiger charge is -2.32. The second-order valence-electron chi connectivity index (χ2n) is 8.41. The minimum Gasteiger partial charge on any atom is -0.484 e. The van der Waals surface area contributed by atoms with Crippen LogP contribution in [0.5, 0.6) is 5.75 Å². The first-order chi connectivity index (χ1) is 16.9. The van der Waals surface area contributed by atoms with Crippen LogP contribution in [-0.2, 0) is 22.6 Å². The molecule has 0 saturated heterocycles. The van der Waals surface area contributed by atoms with Gasteiger partial charge in [0.2, 0.25) is 5.91 Å². The van der Waals surface area contributed by atoms with Gasteiger partial charge in [0.15, 0.2) is 6.61 Å². The highest BCUT2D eigenvalue weighted by Gasteiger charge is 2.31. The van der Waals surface area contributed by atoms with Crippen LogP contribution < -0.4 is 10.1 Å². The number of nitrogens with zero attached hydrogens (tertiary/aromatic N) is 1. The summed E-state index contributed by atoms with van der Waals surface area (Å²) in [6, 6.07) is 22.0. The molecule has 3 aromatic rings. The third-order valence-corrected chi connectivity index (χ3v) is 6.24. The molecule has 3 rings (SSSR count).